The summed E-state index contributed by atoms with van der Waals surface area (Å²) < 4.78 is 58.6. The zero-order valence-electron chi connectivity index (χ0n) is 16.5. The molecular weight excluding hydrogens is 565 g/mol. The van der Waals surface area contributed by atoms with Crippen molar-refractivity contribution >= 4 is 67.2 Å². The molecular formula is C19H20ClF2IN4O3S. The van der Waals surface area contributed by atoms with Gasteiger partial charge in [-0.25, -0.2) is 8.78 Å². The first-order valence-corrected chi connectivity index (χ1v) is 12.3. The Labute approximate surface area is 198 Å². The van der Waals surface area contributed by atoms with Gasteiger partial charge in [0.2, 0.25) is 0 Å². The number of hydrogen-bond donors (Lipinski definition) is 2. The van der Waals surface area contributed by atoms with Crippen LogP contribution in [0.5, 0.6) is 0 Å². The minimum atomic E-state index is -4.02. The highest BCUT2D eigenvalue weighted by molar-refractivity contribution is 14.1. The first-order valence-electron chi connectivity index (χ1n) is 9.37. The van der Waals surface area contributed by atoms with Gasteiger partial charge < -0.3 is 10.2 Å². The third-order valence-corrected chi connectivity index (χ3v) is 6.99. The number of anilines is 3. The van der Waals surface area contributed by atoms with Crippen molar-refractivity contribution in [1.29, 1.82) is 0 Å². The summed E-state index contributed by atoms with van der Waals surface area (Å²) in [4.78, 5) is 5.01. The molecule has 1 heterocycles. The summed E-state index contributed by atoms with van der Waals surface area (Å²) in [5, 5.41) is 6.94. The molecule has 12 heteroatoms. The van der Waals surface area contributed by atoms with Crippen molar-refractivity contribution in [3.63, 3.8) is 0 Å². The molecule has 0 unspecified atom stereocenters. The highest BCUT2D eigenvalue weighted by Gasteiger charge is 2.28. The van der Waals surface area contributed by atoms with Crippen molar-refractivity contribution < 1.29 is 22.0 Å². The standard InChI is InChI=1S/C19H20ClF2IN4O3S/c1-2-30-25-13-7-9-27(10-8-13)31(28,29)26-17-6-4-15(21)18(22)19(17)24-16-5-3-12(23)11-14(16)20/h3-6,11,24,26H,2,7-10H2,1H3. The van der Waals surface area contributed by atoms with Crippen molar-refractivity contribution in [1.82, 2.24) is 4.31 Å². The van der Waals surface area contributed by atoms with Crippen molar-refractivity contribution in [3.05, 3.63) is 50.6 Å². The van der Waals surface area contributed by atoms with Gasteiger partial charge in [-0.1, -0.05) is 16.8 Å². The smallest absolute Gasteiger partial charge is 0.301 e. The molecule has 0 saturated carbocycles. The van der Waals surface area contributed by atoms with E-state index in [4.69, 9.17) is 16.4 Å². The van der Waals surface area contributed by atoms with Crippen molar-refractivity contribution in [2.75, 3.05) is 29.7 Å². The van der Waals surface area contributed by atoms with Gasteiger partial charge in [0.05, 0.1) is 22.1 Å². The molecule has 0 aromatic heterocycles. The maximum atomic E-state index is 14.6. The zero-order valence-corrected chi connectivity index (χ0v) is 20.2. The van der Waals surface area contributed by atoms with Gasteiger partial charge >= 0.3 is 10.2 Å². The van der Waals surface area contributed by atoms with E-state index in [9.17, 15) is 17.2 Å². The Morgan fingerprint density at radius 1 is 1.19 bits per heavy atom. The lowest BCUT2D eigenvalue weighted by Gasteiger charge is -2.27. The van der Waals surface area contributed by atoms with E-state index in [0.717, 1.165) is 21.4 Å². The van der Waals surface area contributed by atoms with Crippen LogP contribution in [0.3, 0.4) is 0 Å². The van der Waals surface area contributed by atoms with Gasteiger partial charge in [0.1, 0.15) is 12.3 Å². The van der Waals surface area contributed by atoms with Gasteiger partial charge in [0.15, 0.2) is 11.6 Å². The van der Waals surface area contributed by atoms with Crippen LogP contribution in [0.1, 0.15) is 19.8 Å². The Balaban J connectivity index is 1.83. The van der Waals surface area contributed by atoms with Crippen LogP contribution < -0.4 is 10.0 Å². The van der Waals surface area contributed by atoms with Crippen LogP contribution >= 0.6 is 34.2 Å². The van der Waals surface area contributed by atoms with Crippen molar-refractivity contribution in [3.8, 4) is 0 Å². The van der Waals surface area contributed by atoms with E-state index in [-0.39, 0.29) is 29.5 Å². The summed E-state index contributed by atoms with van der Waals surface area (Å²) in [6.45, 7) is 2.63. The lowest BCUT2D eigenvalue weighted by Crippen LogP contribution is -2.42. The quantitative estimate of drug-likeness (QED) is 0.350. The molecule has 0 amide bonds. The van der Waals surface area contributed by atoms with Gasteiger partial charge in [-0.2, -0.15) is 12.7 Å². The Morgan fingerprint density at radius 2 is 1.87 bits per heavy atom. The van der Waals surface area contributed by atoms with E-state index in [1.807, 2.05) is 6.92 Å². The summed E-state index contributed by atoms with van der Waals surface area (Å²) >= 11 is 8.24. The summed E-state index contributed by atoms with van der Waals surface area (Å²) in [6, 6.07) is 6.98. The Morgan fingerprint density at radius 3 is 2.52 bits per heavy atom. The molecule has 3 rings (SSSR count). The number of piperidine rings is 1. The molecule has 2 aromatic rings. The topological polar surface area (TPSA) is 83.0 Å². The first-order chi connectivity index (χ1) is 14.7. The molecule has 1 aliphatic heterocycles. The molecule has 168 valence electrons. The predicted octanol–water partition coefficient (Wildman–Crippen LogP) is 5.11. The molecule has 0 spiro atoms. The Bertz CT molecular complexity index is 1090. The normalized spacial score (nSPS) is 14.9. The zero-order chi connectivity index (χ0) is 22.6. The molecule has 0 bridgehead atoms. The average Bonchev–Trinajstić information content (AvgIpc) is 2.73. The van der Waals surface area contributed by atoms with Gasteiger partial charge in [-0.3, -0.25) is 4.72 Å². The summed E-state index contributed by atoms with van der Waals surface area (Å²) in [6.07, 6.45) is 0.837. The van der Waals surface area contributed by atoms with Crippen molar-refractivity contribution in [2.24, 2.45) is 5.16 Å². The SMILES string of the molecule is CCON=C1CCN(S(=O)(=O)Nc2ccc(F)c(F)c2Nc2ccc(I)cc2Cl)CC1. The number of hydrogen-bond acceptors (Lipinski definition) is 5. The monoisotopic (exact) mass is 584 g/mol. The van der Waals surface area contributed by atoms with Gasteiger partial charge in [0.25, 0.3) is 0 Å². The molecule has 2 N–H and O–H groups in total. The first kappa shape index (κ1) is 24.0. The Hall–Kier alpha value is -1.70. The van der Waals surface area contributed by atoms with E-state index >= 15 is 0 Å². The largest absolute Gasteiger partial charge is 0.396 e. The average molecular weight is 585 g/mol. The summed E-state index contributed by atoms with van der Waals surface area (Å²) in [5.41, 5.74) is 0.586. The molecule has 1 aliphatic rings. The summed E-state index contributed by atoms with van der Waals surface area (Å²) in [7, 11) is -4.02. The van der Waals surface area contributed by atoms with Gasteiger partial charge in [0, 0.05) is 29.5 Å². The van der Waals surface area contributed by atoms with Gasteiger partial charge in [-0.15, -0.1) is 0 Å². The molecule has 0 aliphatic carbocycles. The van der Waals surface area contributed by atoms with Crippen LogP contribution in [0.25, 0.3) is 0 Å². The number of oxime groups is 1. The van der Waals surface area contributed by atoms with Gasteiger partial charge in [-0.05, 0) is 59.8 Å². The molecule has 0 radical (unpaired) electrons. The molecule has 2 aromatic carbocycles. The minimum absolute atomic E-state index is 0.137. The van der Waals surface area contributed by atoms with Crippen LogP contribution in [0.2, 0.25) is 5.02 Å². The fraction of sp³-hybridized carbons (Fsp3) is 0.316. The van der Waals surface area contributed by atoms with E-state index in [1.54, 1.807) is 18.2 Å². The highest BCUT2D eigenvalue weighted by Crippen LogP contribution is 2.34. The van der Waals surface area contributed by atoms with E-state index in [2.05, 4.69) is 37.8 Å². The highest BCUT2D eigenvalue weighted by atomic mass is 127. The fourth-order valence-corrected chi connectivity index (χ4v) is 5.06. The second kappa shape index (κ2) is 10.3. The molecule has 7 nitrogen and oxygen atoms in total. The van der Waals surface area contributed by atoms with E-state index < -0.39 is 21.8 Å². The van der Waals surface area contributed by atoms with E-state index in [1.165, 1.54) is 4.31 Å². The number of nitrogens with one attached hydrogen (secondary N) is 2. The maximum Gasteiger partial charge on any atom is 0.301 e. The number of benzene rings is 2. The van der Waals surface area contributed by atoms with Crippen LogP contribution in [-0.4, -0.2) is 38.1 Å². The van der Waals surface area contributed by atoms with Crippen LogP contribution in [0.15, 0.2) is 35.5 Å². The lowest BCUT2D eigenvalue weighted by atomic mass is 10.1. The maximum absolute atomic E-state index is 14.6. The second-order valence-electron chi connectivity index (χ2n) is 6.61. The van der Waals surface area contributed by atoms with Crippen LogP contribution in [-0.2, 0) is 15.0 Å². The third-order valence-electron chi connectivity index (χ3n) is 4.49. The third kappa shape index (κ3) is 5.96. The number of halogens is 4. The van der Waals surface area contributed by atoms with E-state index in [0.29, 0.717) is 25.1 Å². The Kier molecular flexibility index (Phi) is 7.94. The number of nitrogens with zero attached hydrogens (tertiary/aromatic N) is 2. The summed E-state index contributed by atoms with van der Waals surface area (Å²) in [5.74, 6) is -2.35. The van der Waals surface area contributed by atoms with Crippen molar-refractivity contribution in [2.45, 2.75) is 19.8 Å². The molecule has 31 heavy (non-hydrogen) atoms. The molecule has 0 atom stereocenters. The second-order valence-corrected chi connectivity index (χ2v) is 9.94. The van der Waals surface area contributed by atoms with Crippen LogP contribution in [0.4, 0.5) is 25.8 Å². The molecule has 1 saturated heterocycles. The van der Waals surface area contributed by atoms with Crippen LogP contribution in [0, 0.1) is 15.2 Å². The lowest BCUT2D eigenvalue weighted by molar-refractivity contribution is 0.156. The fourth-order valence-electron chi connectivity index (χ4n) is 2.92. The minimum Gasteiger partial charge on any atom is -0.396 e. The number of rotatable bonds is 7. The molecule has 1 fully saturated rings. The predicted molar refractivity (Wildman–Crippen MR) is 126 cm³/mol.